The molecule has 0 spiro atoms. The molecule has 0 aliphatic heterocycles. The van der Waals surface area contributed by atoms with Gasteiger partial charge in [0, 0.05) is 27.7 Å². The molecule has 168 valence electrons. The quantitative estimate of drug-likeness (QED) is 0.466. The smallest absolute Gasteiger partial charge is 0.261 e. The number of halogens is 3. The van der Waals surface area contributed by atoms with E-state index in [2.05, 4.69) is 5.32 Å². The first kappa shape index (κ1) is 25.3. The van der Waals surface area contributed by atoms with Crippen LogP contribution in [0.3, 0.4) is 0 Å². The highest BCUT2D eigenvalue weighted by Gasteiger charge is 2.30. The summed E-state index contributed by atoms with van der Waals surface area (Å²) in [5.74, 6) is -0.0202. The van der Waals surface area contributed by atoms with Crippen molar-refractivity contribution in [1.29, 1.82) is 0 Å². The van der Waals surface area contributed by atoms with E-state index in [-0.39, 0.29) is 31.0 Å². The Morgan fingerprint density at radius 1 is 1.00 bits per heavy atom. The molecule has 0 bridgehead atoms. The molecule has 0 heterocycles. The fourth-order valence-electron chi connectivity index (χ4n) is 2.95. The lowest BCUT2D eigenvalue weighted by molar-refractivity contribution is -0.143. The predicted molar refractivity (Wildman–Crippen MR) is 126 cm³/mol. The normalized spacial score (nSPS) is 12.7. The fraction of sp³-hybridized carbons (Fsp3) is 0.391. The van der Waals surface area contributed by atoms with Crippen LogP contribution in [0.25, 0.3) is 0 Å². The van der Waals surface area contributed by atoms with Crippen molar-refractivity contribution < 1.29 is 14.3 Å². The molecule has 2 unspecified atom stereocenters. The molecule has 0 aliphatic rings. The summed E-state index contributed by atoms with van der Waals surface area (Å²) < 4.78 is 5.63. The van der Waals surface area contributed by atoms with Gasteiger partial charge in [0.1, 0.15) is 11.8 Å². The third-order valence-corrected chi connectivity index (χ3v) is 5.76. The number of amides is 2. The fourth-order valence-corrected chi connectivity index (χ4v) is 3.55. The van der Waals surface area contributed by atoms with Gasteiger partial charge in [-0.2, -0.15) is 0 Å². The molecule has 8 heteroatoms. The van der Waals surface area contributed by atoms with Gasteiger partial charge in [-0.15, -0.1) is 0 Å². The number of hydrogen-bond acceptors (Lipinski definition) is 3. The maximum Gasteiger partial charge on any atom is 0.261 e. The summed E-state index contributed by atoms with van der Waals surface area (Å²) in [6.45, 7) is 5.72. The number of carbonyl (C=O) groups excluding carboxylic acids is 2. The Bertz CT molecular complexity index is 890. The molecule has 2 rings (SSSR count). The van der Waals surface area contributed by atoms with Gasteiger partial charge in [-0.05, 0) is 61.7 Å². The van der Waals surface area contributed by atoms with E-state index in [4.69, 9.17) is 39.5 Å². The number of carbonyl (C=O) groups is 2. The van der Waals surface area contributed by atoms with Crippen LogP contribution in [0.2, 0.25) is 15.1 Å². The molecule has 1 N–H and O–H groups in total. The summed E-state index contributed by atoms with van der Waals surface area (Å²) in [6.07, 6.45) is 1.24. The topological polar surface area (TPSA) is 58.6 Å². The van der Waals surface area contributed by atoms with Crippen molar-refractivity contribution in [2.75, 3.05) is 6.61 Å². The largest absolute Gasteiger partial charge is 0.484 e. The van der Waals surface area contributed by atoms with Gasteiger partial charge in [-0.25, -0.2) is 0 Å². The van der Waals surface area contributed by atoms with Crippen molar-refractivity contribution in [2.24, 2.45) is 0 Å². The van der Waals surface area contributed by atoms with Crippen LogP contribution < -0.4 is 10.1 Å². The molecule has 2 atom stereocenters. The Morgan fingerprint density at radius 2 is 1.65 bits per heavy atom. The molecule has 5 nitrogen and oxygen atoms in total. The van der Waals surface area contributed by atoms with Crippen molar-refractivity contribution in [3.63, 3.8) is 0 Å². The molecule has 0 aromatic heterocycles. The van der Waals surface area contributed by atoms with Crippen LogP contribution in [0.15, 0.2) is 42.5 Å². The van der Waals surface area contributed by atoms with E-state index in [0.29, 0.717) is 32.8 Å². The lowest BCUT2D eigenvalue weighted by atomic mass is 10.1. The van der Waals surface area contributed by atoms with E-state index in [1.165, 1.54) is 4.90 Å². The summed E-state index contributed by atoms with van der Waals surface area (Å²) in [4.78, 5) is 27.6. The molecule has 0 fully saturated rings. The van der Waals surface area contributed by atoms with Gasteiger partial charge >= 0.3 is 0 Å². The number of rotatable bonds is 10. The van der Waals surface area contributed by atoms with E-state index in [1.54, 1.807) is 42.5 Å². The van der Waals surface area contributed by atoms with Gasteiger partial charge in [0.2, 0.25) is 5.91 Å². The standard InChI is InChI=1S/C23H27Cl3N2O3/c1-4-15(3)27-23(30)21(5-2)28(13-16-6-7-18(25)12-20(16)26)22(29)14-31-19-10-8-17(24)9-11-19/h6-12,15,21H,4-5,13-14H2,1-3H3,(H,27,30). The van der Waals surface area contributed by atoms with Gasteiger partial charge in [0.25, 0.3) is 5.91 Å². The van der Waals surface area contributed by atoms with Crippen LogP contribution in [0.1, 0.15) is 39.2 Å². The van der Waals surface area contributed by atoms with Gasteiger partial charge in [-0.1, -0.05) is 54.7 Å². The van der Waals surface area contributed by atoms with Gasteiger partial charge < -0.3 is 15.0 Å². The van der Waals surface area contributed by atoms with Crippen molar-refractivity contribution in [1.82, 2.24) is 10.2 Å². The molecule has 2 aromatic carbocycles. The Kier molecular flexibility index (Phi) is 9.94. The minimum absolute atomic E-state index is 0.00272. The molecular formula is C23H27Cl3N2O3. The molecule has 0 saturated heterocycles. The molecule has 2 amide bonds. The summed E-state index contributed by atoms with van der Waals surface area (Å²) in [5.41, 5.74) is 0.695. The average molecular weight is 486 g/mol. The maximum absolute atomic E-state index is 13.2. The van der Waals surface area contributed by atoms with E-state index in [0.717, 1.165) is 6.42 Å². The number of nitrogens with one attached hydrogen (secondary N) is 1. The van der Waals surface area contributed by atoms with Gasteiger partial charge in [0.05, 0.1) is 0 Å². The maximum atomic E-state index is 13.2. The van der Waals surface area contributed by atoms with Crippen LogP contribution >= 0.6 is 34.8 Å². The lowest BCUT2D eigenvalue weighted by Gasteiger charge is -2.31. The minimum atomic E-state index is -0.665. The monoisotopic (exact) mass is 484 g/mol. The lowest BCUT2D eigenvalue weighted by Crippen LogP contribution is -2.51. The SMILES string of the molecule is CCC(C)NC(=O)C(CC)N(Cc1ccc(Cl)cc1Cl)C(=O)COc1ccc(Cl)cc1. The molecule has 0 radical (unpaired) electrons. The summed E-state index contributed by atoms with van der Waals surface area (Å²) in [7, 11) is 0. The van der Waals surface area contributed by atoms with Crippen LogP contribution in [-0.4, -0.2) is 35.4 Å². The zero-order valence-corrected chi connectivity index (χ0v) is 20.1. The Labute approximate surface area is 198 Å². The average Bonchev–Trinajstić information content (AvgIpc) is 2.74. The Hall–Kier alpha value is -1.95. The summed E-state index contributed by atoms with van der Waals surface area (Å²) in [6, 6.07) is 11.1. The van der Waals surface area contributed by atoms with Crippen molar-refractivity contribution >= 4 is 46.6 Å². The Morgan fingerprint density at radius 3 is 2.23 bits per heavy atom. The number of hydrogen-bond donors (Lipinski definition) is 1. The van der Waals surface area contributed by atoms with Crippen molar-refractivity contribution in [3.8, 4) is 5.75 Å². The zero-order chi connectivity index (χ0) is 23.0. The number of ether oxygens (including phenoxy) is 1. The molecule has 0 aliphatic carbocycles. The molecule has 0 saturated carbocycles. The molecule has 31 heavy (non-hydrogen) atoms. The highest BCUT2D eigenvalue weighted by atomic mass is 35.5. The van der Waals surface area contributed by atoms with Crippen molar-refractivity contribution in [2.45, 2.75) is 52.2 Å². The van der Waals surface area contributed by atoms with E-state index >= 15 is 0 Å². The van der Waals surface area contributed by atoms with E-state index in [9.17, 15) is 9.59 Å². The second-order valence-electron chi connectivity index (χ2n) is 7.24. The van der Waals surface area contributed by atoms with Gasteiger partial charge in [0.15, 0.2) is 6.61 Å². The summed E-state index contributed by atoms with van der Waals surface area (Å²) >= 11 is 18.2. The zero-order valence-electron chi connectivity index (χ0n) is 17.8. The van der Waals surface area contributed by atoms with Crippen LogP contribution in [-0.2, 0) is 16.1 Å². The highest BCUT2D eigenvalue weighted by molar-refractivity contribution is 6.35. The first-order chi connectivity index (χ1) is 14.7. The third kappa shape index (κ3) is 7.60. The van der Waals surface area contributed by atoms with Crippen LogP contribution in [0.4, 0.5) is 0 Å². The van der Waals surface area contributed by atoms with Gasteiger partial charge in [-0.3, -0.25) is 9.59 Å². The van der Waals surface area contributed by atoms with Crippen molar-refractivity contribution in [3.05, 3.63) is 63.1 Å². The second-order valence-corrected chi connectivity index (χ2v) is 8.52. The predicted octanol–water partition coefficient (Wildman–Crippen LogP) is 5.75. The van der Waals surface area contributed by atoms with Crippen LogP contribution in [0, 0.1) is 0 Å². The molecular weight excluding hydrogens is 459 g/mol. The van der Waals surface area contributed by atoms with E-state index in [1.807, 2.05) is 20.8 Å². The summed E-state index contributed by atoms with van der Waals surface area (Å²) in [5, 5.41) is 4.47. The Balaban J connectivity index is 2.24. The first-order valence-corrected chi connectivity index (χ1v) is 11.3. The third-order valence-electron chi connectivity index (χ3n) is 4.92. The number of nitrogens with zero attached hydrogens (tertiary/aromatic N) is 1. The van der Waals surface area contributed by atoms with Crippen LogP contribution in [0.5, 0.6) is 5.75 Å². The highest BCUT2D eigenvalue weighted by Crippen LogP contribution is 2.24. The first-order valence-electron chi connectivity index (χ1n) is 10.2. The second kappa shape index (κ2) is 12.2. The molecule has 2 aromatic rings. The number of benzene rings is 2. The minimum Gasteiger partial charge on any atom is -0.484 e. The van der Waals surface area contributed by atoms with E-state index < -0.39 is 6.04 Å².